The topological polar surface area (TPSA) is 144 Å². The molecular formula is C29H39N9O2. The number of allylic oxidation sites excluding steroid dienone is 3. The predicted molar refractivity (Wildman–Crippen MR) is 156 cm³/mol. The van der Waals surface area contributed by atoms with Gasteiger partial charge in [0.2, 0.25) is 17.8 Å². The van der Waals surface area contributed by atoms with Gasteiger partial charge in [0.05, 0.1) is 11.8 Å². The van der Waals surface area contributed by atoms with Gasteiger partial charge in [-0.25, -0.2) is 4.98 Å². The van der Waals surface area contributed by atoms with Gasteiger partial charge in [-0.2, -0.15) is 10.2 Å². The lowest BCUT2D eigenvalue weighted by atomic mass is 9.86. The Balaban J connectivity index is 1.63. The maximum atomic E-state index is 13.2. The van der Waals surface area contributed by atoms with Crippen LogP contribution < -0.4 is 16.0 Å². The first-order valence-electron chi connectivity index (χ1n) is 13.9. The molecule has 0 spiro atoms. The lowest BCUT2D eigenvalue weighted by molar-refractivity contribution is -0.135. The summed E-state index contributed by atoms with van der Waals surface area (Å²) < 4.78 is 0. The molecule has 2 aliphatic heterocycles. The third kappa shape index (κ3) is 6.01. The van der Waals surface area contributed by atoms with Gasteiger partial charge in [0.1, 0.15) is 11.9 Å². The lowest BCUT2D eigenvalue weighted by Gasteiger charge is -2.45. The van der Waals surface area contributed by atoms with Gasteiger partial charge in [-0.15, -0.1) is 0 Å². The first-order valence-corrected chi connectivity index (χ1v) is 13.9. The molecule has 3 N–H and O–H groups in total. The van der Waals surface area contributed by atoms with Gasteiger partial charge >= 0.3 is 0 Å². The smallest absolute Gasteiger partial charge is 0.246 e. The summed E-state index contributed by atoms with van der Waals surface area (Å²) in [4.78, 5) is 45.0. The monoisotopic (exact) mass is 545 g/mol. The van der Waals surface area contributed by atoms with E-state index in [1.54, 1.807) is 18.2 Å². The van der Waals surface area contributed by atoms with Crippen LogP contribution in [0.3, 0.4) is 0 Å². The summed E-state index contributed by atoms with van der Waals surface area (Å²) in [7, 11) is 1.66. The van der Waals surface area contributed by atoms with Gasteiger partial charge in [-0.05, 0) is 57.6 Å². The first-order chi connectivity index (χ1) is 19.3. The Morgan fingerprint density at radius 2 is 2.05 bits per heavy atom. The summed E-state index contributed by atoms with van der Waals surface area (Å²) in [6, 6.07) is 1.93. The van der Waals surface area contributed by atoms with Crippen molar-refractivity contribution >= 4 is 35.4 Å². The largest absolute Gasteiger partial charge is 0.403 e. The Bertz CT molecular complexity index is 1260. The van der Waals surface area contributed by atoms with E-state index >= 15 is 0 Å². The first kappa shape index (κ1) is 28.8. The molecule has 0 aromatic carbocycles. The SMILES string of the molecule is C=CC(=O)N1C[C@H](C)N(c2nc(NC(C=NC)=CN)ncc2C2=CCC(C(=O)N3CCC[C@H]3C#N)CC2)C[C@H]1C. The molecule has 1 unspecified atom stereocenters. The number of aliphatic imine (C=N–C) groups is 1. The van der Waals surface area contributed by atoms with Crippen LogP contribution in [0.15, 0.2) is 41.8 Å². The summed E-state index contributed by atoms with van der Waals surface area (Å²) >= 11 is 0. The van der Waals surface area contributed by atoms with E-state index < -0.39 is 0 Å². The zero-order valence-electron chi connectivity index (χ0n) is 23.6. The number of amides is 2. The van der Waals surface area contributed by atoms with Crippen LogP contribution in [0.5, 0.6) is 0 Å². The molecule has 1 aromatic rings. The molecule has 212 valence electrons. The zero-order valence-corrected chi connectivity index (χ0v) is 23.6. The fraction of sp³-hybridized carbons (Fsp3) is 0.517. The summed E-state index contributed by atoms with van der Waals surface area (Å²) in [5.41, 5.74) is 8.33. The van der Waals surface area contributed by atoms with Gasteiger partial charge in [-0.1, -0.05) is 12.7 Å². The molecule has 4 rings (SSSR count). The fourth-order valence-corrected chi connectivity index (χ4v) is 5.81. The van der Waals surface area contributed by atoms with Gasteiger partial charge in [-0.3, -0.25) is 14.6 Å². The molecule has 0 radical (unpaired) electrons. The lowest BCUT2D eigenvalue weighted by Crippen LogP contribution is -2.58. The number of hydrogen-bond donors (Lipinski definition) is 2. The number of likely N-dealkylation sites (tertiary alicyclic amines) is 1. The molecule has 1 aromatic heterocycles. The van der Waals surface area contributed by atoms with E-state index in [0.717, 1.165) is 29.8 Å². The number of rotatable bonds is 7. The number of carbonyl (C=O) groups is 2. The van der Waals surface area contributed by atoms with Crippen LogP contribution in [0.4, 0.5) is 11.8 Å². The van der Waals surface area contributed by atoms with Crippen LogP contribution in [-0.2, 0) is 9.59 Å². The molecule has 2 saturated heterocycles. The van der Waals surface area contributed by atoms with Crippen molar-refractivity contribution in [3.8, 4) is 6.07 Å². The van der Waals surface area contributed by atoms with Crippen LogP contribution in [0.25, 0.3) is 5.57 Å². The van der Waals surface area contributed by atoms with E-state index in [9.17, 15) is 14.9 Å². The highest BCUT2D eigenvalue weighted by Gasteiger charge is 2.36. The molecule has 2 fully saturated rings. The van der Waals surface area contributed by atoms with Crippen molar-refractivity contribution in [3.05, 3.63) is 42.4 Å². The maximum Gasteiger partial charge on any atom is 0.246 e. The Kier molecular flexibility index (Phi) is 9.19. The van der Waals surface area contributed by atoms with Crippen LogP contribution in [-0.4, -0.2) is 82.6 Å². The van der Waals surface area contributed by atoms with Gasteiger partial charge in [0, 0.05) is 68.9 Å². The molecule has 3 heterocycles. The van der Waals surface area contributed by atoms with E-state index in [2.05, 4.69) is 45.8 Å². The van der Waals surface area contributed by atoms with Crippen LogP contribution >= 0.6 is 0 Å². The number of nitrogens with zero attached hydrogens (tertiary/aromatic N) is 7. The summed E-state index contributed by atoms with van der Waals surface area (Å²) in [6.07, 6.45) is 12.0. The summed E-state index contributed by atoms with van der Waals surface area (Å²) in [6.45, 7) is 9.55. The molecule has 4 atom stereocenters. The molecule has 11 nitrogen and oxygen atoms in total. The van der Waals surface area contributed by atoms with E-state index in [4.69, 9.17) is 10.7 Å². The second kappa shape index (κ2) is 12.8. The van der Waals surface area contributed by atoms with Crippen LogP contribution in [0.2, 0.25) is 0 Å². The molecule has 3 aliphatic rings. The zero-order chi connectivity index (χ0) is 28.8. The number of nitrogens with one attached hydrogen (secondary N) is 1. The number of nitriles is 1. The highest BCUT2D eigenvalue weighted by atomic mass is 16.2. The van der Waals surface area contributed by atoms with Crippen molar-refractivity contribution in [1.29, 1.82) is 5.26 Å². The minimum absolute atomic E-state index is 0.0000705. The Morgan fingerprint density at radius 3 is 2.70 bits per heavy atom. The van der Waals surface area contributed by atoms with Gasteiger partial charge in [0.15, 0.2) is 0 Å². The number of nitrogens with two attached hydrogens (primary N) is 1. The van der Waals surface area contributed by atoms with Crippen molar-refractivity contribution in [2.75, 3.05) is 36.9 Å². The van der Waals surface area contributed by atoms with Crippen molar-refractivity contribution in [2.45, 2.75) is 64.1 Å². The van der Waals surface area contributed by atoms with Crippen molar-refractivity contribution in [2.24, 2.45) is 16.6 Å². The quantitative estimate of drug-likeness (QED) is 0.393. The predicted octanol–water partition coefficient (Wildman–Crippen LogP) is 2.70. The third-order valence-corrected chi connectivity index (χ3v) is 7.98. The minimum atomic E-state index is -0.307. The van der Waals surface area contributed by atoms with Crippen molar-refractivity contribution in [3.63, 3.8) is 0 Å². The van der Waals surface area contributed by atoms with Crippen molar-refractivity contribution in [1.82, 2.24) is 19.8 Å². The van der Waals surface area contributed by atoms with E-state index in [0.29, 0.717) is 50.5 Å². The standard InChI is InChI=1S/C29H39N9O2/c1-5-26(39)37-17-20(3)38(18-19(37)2)27-25(16-33-29(35-27)34-23(13-30)15-32-4)21-8-10-22(11-9-21)28(40)36-12-6-7-24(36)14-31/h5,8,13,15-16,19-20,22,24H,1,6-7,9-12,17-18,30H2,2-4H3,(H,33,34,35)/t19-,20+,22?,24+/m1/s1. The molecule has 2 amide bonds. The van der Waals surface area contributed by atoms with Gasteiger partial charge < -0.3 is 25.8 Å². The summed E-state index contributed by atoms with van der Waals surface area (Å²) in [5.74, 6) is 1.04. The van der Waals surface area contributed by atoms with Crippen molar-refractivity contribution < 1.29 is 9.59 Å². The molecule has 0 saturated carbocycles. The summed E-state index contributed by atoms with van der Waals surface area (Å²) in [5, 5.41) is 12.6. The third-order valence-electron chi connectivity index (χ3n) is 7.98. The normalized spacial score (nSPS) is 25.5. The average molecular weight is 546 g/mol. The number of piperazine rings is 1. The van der Waals surface area contributed by atoms with E-state index in [1.165, 1.54) is 12.3 Å². The molecular weight excluding hydrogens is 506 g/mol. The van der Waals surface area contributed by atoms with Crippen LogP contribution in [0.1, 0.15) is 51.5 Å². The second-order valence-electron chi connectivity index (χ2n) is 10.6. The van der Waals surface area contributed by atoms with Gasteiger partial charge in [0.25, 0.3) is 0 Å². The molecule has 0 bridgehead atoms. The maximum absolute atomic E-state index is 13.2. The highest BCUT2D eigenvalue weighted by Crippen LogP contribution is 2.37. The van der Waals surface area contributed by atoms with E-state index in [-0.39, 0.29) is 35.9 Å². The average Bonchev–Trinajstić information content (AvgIpc) is 3.46. The second-order valence-corrected chi connectivity index (χ2v) is 10.6. The molecule has 1 aliphatic carbocycles. The number of anilines is 2. The van der Waals surface area contributed by atoms with Crippen LogP contribution in [0, 0.1) is 17.2 Å². The fourth-order valence-electron chi connectivity index (χ4n) is 5.81. The Labute approximate surface area is 236 Å². The Hall–Kier alpha value is -4.20. The number of carbonyl (C=O) groups excluding carboxylic acids is 2. The highest BCUT2D eigenvalue weighted by molar-refractivity contribution is 5.88. The Morgan fingerprint density at radius 1 is 1.25 bits per heavy atom. The number of aromatic nitrogens is 2. The number of hydrogen-bond acceptors (Lipinski definition) is 9. The molecule has 11 heteroatoms. The van der Waals surface area contributed by atoms with E-state index in [1.807, 2.05) is 18.0 Å². The molecule has 40 heavy (non-hydrogen) atoms. The minimum Gasteiger partial charge on any atom is -0.403 e.